The lowest BCUT2D eigenvalue weighted by molar-refractivity contribution is 0.0600. The van der Waals surface area contributed by atoms with Crippen LogP contribution in [0.25, 0.3) is 0 Å². The summed E-state index contributed by atoms with van der Waals surface area (Å²) in [5.41, 5.74) is 10.1. The van der Waals surface area contributed by atoms with Crippen LogP contribution >= 0.6 is 23.2 Å². The lowest BCUT2D eigenvalue weighted by atomic mass is 9.66. The average Bonchev–Trinajstić information content (AvgIpc) is 3.46. The number of carbonyl (C=O) groups excluding carboxylic acids is 1. The first kappa shape index (κ1) is 30.6. The molecule has 228 valence electrons. The first-order chi connectivity index (χ1) is 20.7. The van der Waals surface area contributed by atoms with Gasteiger partial charge in [0.2, 0.25) is 10.0 Å². The van der Waals surface area contributed by atoms with Crippen LogP contribution in [0.4, 0.5) is 0 Å². The molecule has 1 saturated carbocycles. The molecule has 1 aliphatic carbocycles. The largest absolute Gasteiger partial charge is 0.465 e. The van der Waals surface area contributed by atoms with E-state index >= 15 is 0 Å². The molecule has 2 aliphatic heterocycles. The molecule has 0 aromatic heterocycles. The number of nitrogens with zero attached hydrogens (tertiary/aromatic N) is 1. The molecule has 3 fully saturated rings. The average molecular weight is 643 g/mol. The van der Waals surface area contributed by atoms with Crippen LogP contribution in [-0.4, -0.2) is 51.0 Å². The summed E-state index contributed by atoms with van der Waals surface area (Å²) in [6.07, 6.45) is 4.88. The molecule has 43 heavy (non-hydrogen) atoms. The zero-order valence-electron chi connectivity index (χ0n) is 24.1. The smallest absolute Gasteiger partial charge is 0.337 e. The Morgan fingerprint density at radius 2 is 1.42 bits per heavy atom. The second-order valence-electron chi connectivity index (χ2n) is 12.0. The fourth-order valence-electron chi connectivity index (χ4n) is 7.48. The summed E-state index contributed by atoms with van der Waals surface area (Å²) in [6.45, 7) is 0.950. The number of hydrogen-bond donors (Lipinski definition) is 2. The van der Waals surface area contributed by atoms with Gasteiger partial charge in [0.15, 0.2) is 0 Å². The monoisotopic (exact) mass is 641 g/mol. The standard InChI is InChI=1S/C33H37Cl2N3O4S/c1-42-33(39)24-6-13-28(14-7-24)43(40,41)38-18-16-23(17-19-38)32-29-20-25(8-15-30(29)36-37-32)31(21-2-9-26(34)10-3-21)22-4-11-27(35)12-5-22/h2-7,9-14,23,25,29-32,36-37H,8,15-20H2,1H3. The van der Waals surface area contributed by atoms with Crippen molar-refractivity contribution < 1.29 is 17.9 Å². The number of rotatable bonds is 7. The van der Waals surface area contributed by atoms with E-state index in [1.165, 1.54) is 42.5 Å². The molecule has 0 bridgehead atoms. The molecule has 3 aromatic rings. The fraction of sp³-hybridized carbons (Fsp3) is 0.424. The topological polar surface area (TPSA) is 87.7 Å². The van der Waals surface area contributed by atoms with Gasteiger partial charge in [-0.2, -0.15) is 4.31 Å². The van der Waals surface area contributed by atoms with E-state index in [9.17, 15) is 13.2 Å². The van der Waals surface area contributed by atoms with E-state index in [2.05, 4.69) is 35.1 Å². The number of halogens is 2. The second-order valence-corrected chi connectivity index (χ2v) is 14.8. The molecule has 2 saturated heterocycles. The van der Waals surface area contributed by atoms with E-state index in [0.717, 1.165) is 42.1 Å². The van der Waals surface area contributed by atoms with Crippen molar-refractivity contribution in [3.05, 3.63) is 99.5 Å². The predicted molar refractivity (Wildman–Crippen MR) is 169 cm³/mol. The molecule has 3 aromatic carbocycles. The van der Waals surface area contributed by atoms with Gasteiger partial charge < -0.3 is 4.74 Å². The number of methoxy groups -OCH3 is 1. The Morgan fingerprint density at radius 1 is 0.837 bits per heavy atom. The van der Waals surface area contributed by atoms with Crippen LogP contribution in [0.3, 0.4) is 0 Å². The van der Waals surface area contributed by atoms with Crippen molar-refractivity contribution in [2.75, 3.05) is 20.2 Å². The first-order valence-electron chi connectivity index (χ1n) is 14.9. The number of benzene rings is 3. The molecule has 3 aliphatic rings. The van der Waals surface area contributed by atoms with Crippen molar-refractivity contribution in [1.29, 1.82) is 0 Å². The summed E-state index contributed by atoms with van der Waals surface area (Å²) in [4.78, 5) is 12.0. The number of sulfonamides is 1. The number of fused-ring (bicyclic) bond motifs is 1. The quantitative estimate of drug-likeness (QED) is 0.296. The summed E-state index contributed by atoms with van der Waals surface area (Å²) in [5, 5.41) is 1.47. The number of hydrogen-bond acceptors (Lipinski definition) is 6. The molecule has 2 N–H and O–H groups in total. The Labute approximate surface area is 263 Å². The van der Waals surface area contributed by atoms with Crippen LogP contribution < -0.4 is 10.9 Å². The molecule has 4 unspecified atom stereocenters. The summed E-state index contributed by atoms with van der Waals surface area (Å²) in [5.74, 6) is 1.05. The molecular formula is C33H37Cl2N3O4S. The normalized spacial score (nSPS) is 25.0. The number of hydrazine groups is 1. The highest BCUT2D eigenvalue weighted by atomic mass is 35.5. The van der Waals surface area contributed by atoms with Gasteiger partial charge in [-0.1, -0.05) is 47.5 Å². The fourth-order valence-corrected chi connectivity index (χ4v) is 9.20. The van der Waals surface area contributed by atoms with E-state index in [-0.39, 0.29) is 16.9 Å². The lowest BCUT2D eigenvalue weighted by Crippen LogP contribution is -2.46. The third-order valence-electron chi connectivity index (χ3n) is 9.69. The van der Waals surface area contributed by atoms with Gasteiger partial charge in [-0.25, -0.2) is 13.2 Å². The van der Waals surface area contributed by atoms with Gasteiger partial charge in [-0.05, 0) is 110 Å². The van der Waals surface area contributed by atoms with E-state index < -0.39 is 16.0 Å². The lowest BCUT2D eigenvalue weighted by Gasteiger charge is -2.41. The molecular weight excluding hydrogens is 605 g/mol. The summed E-state index contributed by atoms with van der Waals surface area (Å²) in [6, 6.07) is 23.2. The van der Waals surface area contributed by atoms with Crippen LogP contribution in [0.2, 0.25) is 10.0 Å². The van der Waals surface area contributed by atoms with Crippen molar-refractivity contribution in [1.82, 2.24) is 15.2 Å². The number of piperidine rings is 1. The van der Waals surface area contributed by atoms with Crippen molar-refractivity contribution in [2.45, 2.75) is 55.0 Å². The molecule has 0 radical (unpaired) electrons. The molecule has 7 nitrogen and oxygen atoms in total. The minimum Gasteiger partial charge on any atom is -0.465 e. The van der Waals surface area contributed by atoms with Gasteiger partial charge in [0.25, 0.3) is 0 Å². The van der Waals surface area contributed by atoms with Crippen LogP contribution in [0.15, 0.2) is 77.7 Å². The van der Waals surface area contributed by atoms with E-state index in [4.69, 9.17) is 27.9 Å². The summed E-state index contributed by atoms with van der Waals surface area (Å²) < 4.78 is 33.1. The van der Waals surface area contributed by atoms with Crippen LogP contribution in [0, 0.1) is 17.8 Å². The van der Waals surface area contributed by atoms with Crippen molar-refractivity contribution in [3.63, 3.8) is 0 Å². The Balaban J connectivity index is 1.15. The van der Waals surface area contributed by atoms with Gasteiger partial charge >= 0.3 is 5.97 Å². The van der Waals surface area contributed by atoms with Gasteiger partial charge in [0, 0.05) is 41.1 Å². The number of esters is 1. The Bertz CT molecular complexity index is 1480. The SMILES string of the molecule is COC(=O)c1ccc(S(=O)(=O)N2CCC(C3NNC4CCC(C(c5ccc(Cl)cc5)c5ccc(Cl)cc5)CC43)CC2)cc1. The molecule has 6 rings (SSSR count). The molecule has 2 heterocycles. The van der Waals surface area contributed by atoms with Gasteiger partial charge in [0.05, 0.1) is 17.6 Å². The predicted octanol–water partition coefficient (Wildman–Crippen LogP) is 6.27. The molecule has 4 atom stereocenters. The Morgan fingerprint density at radius 3 is 1.98 bits per heavy atom. The maximum atomic E-state index is 13.4. The first-order valence-corrected chi connectivity index (χ1v) is 17.1. The molecule has 10 heteroatoms. The van der Waals surface area contributed by atoms with E-state index in [0.29, 0.717) is 42.4 Å². The maximum Gasteiger partial charge on any atom is 0.337 e. The minimum atomic E-state index is -3.64. The Kier molecular flexibility index (Phi) is 9.15. The number of nitrogens with one attached hydrogen (secondary N) is 2. The highest BCUT2D eigenvalue weighted by Gasteiger charge is 2.46. The summed E-state index contributed by atoms with van der Waals surface area (Å²) in [7, 11) is -2.34. The Hall–Kier alpha value is -2.46. The van der Waals surface area contributed by atoms with Gasteiger partial charge in [-0.15, -0.1) is 0 Å². The molecule has 0 spiro atoms. The van der Waals surface area contributed by atoms with Gasteiger partial charge in [-0.3, -0.25) is 10.9 Å². The van der Waals surface area contributed by atoms with Crippen LogP contribution in [-0.2, 0) is 14.8 Å². The second kappa shape index (κ2) is 12.9. The zero-order chi connectivity index (χ0) is 30.1. The number of carbonyl (C=O) groups is 1. The van der Waals surface area contributed by atoms with Crippen molar-refractivity contribution in [2.24, 2.45) is 17.8 Å². The van der Waals surface area contributed by atoms with E-state index in [1.54, 1.807) is 4.31 Å². The highest BCUT2D eigenvalue weighted by molar-refractivity contribution is 7.89. The third kappa shape index (κ3) is 6.37. The summed E-state index contributed by atoms with van der Waals surface area (Å²) >= 11 is 12.5. The zero-order valence-corrected chi connectivity index (χ0v) is 26.4. The third-order valence-corrected chi connectivity index (χ3v) is 12.1. The van der Waals surface area contributed by atoms with Crippen LogP contribution in [0.1, 0.15) is 59.5 Å². The minimum absolute atomic E-state index is 0.199. The molecule has 0 amide bonds. The highest BCUT2D eigenvalue weighted by Crippen LogP contribution is 2.46. The van der Waals surface area contributed by atoms with E-state index in [1.807, 2.05) is 24.3 Å². The van der Waals surface area contributed by atoms with Crippen LogP contribution in [0.5, 0.6) is 0 Å². The number of ether oxygens (including phenoxy) is 1. The van der Waals surface area contributed by atoms with Crippen molar-refractivity contribution >= 4 is 39.2 Å². The van der Waals surface area contributed by atoms with Gasteiger partial charge in [0.1, 0.15) is 0 Å². The van der Waals surface area contributed by atoms with Crippen molar-refractivity contribution in [3.8, 4) is 0 Å². The maximum absolute atomic E-state index is 13.4.